The number of carbonyl (C=O) groups excluding carboxylic acids is 1. The number of hydrogen-bond donors (Lipinski definition) is 2. The summed E-state index contributed by atoms with van der Waals surface area (Å²) in [4.78, 5) is 23.3. The first-order valence-corrected chi connectivity index (χ1v) is 7.12. The molecule has 0 aliphatic rings. The summed E-state index contributed by atoms with van der Waals surface area (Å²) in [5.74, 6) is 1.74. The standard InChI is InChI=1S/C14H15N7O2/c15-10(22)7-12-17-11(19-20-12)4-1-5-13-18-14(21-23-13)9-3-2-6-16-8-9/h2-3,6,8H,1,4-5,7H2,(H2,15,22)(H,17,19,20). The second kappa shape index (κ2) is 6.77. The normalized spacial score (nSPS) is 10.8. The Labute approximate surface area is 131 Å². The van der Waals surface area contributed by atoms with Crippen LogP contribution in [0.1, 0.15) is 24.0 Å². The average molecular weight is 313 g/mol. The predicted octanol–water partition coefficient (Wildman–Crippen LogP) is 0.453. The number of pyridine rings is 1. The van der Waals surface area contributed by atoms with Crippen molar-refractivity contribution < 1.29 is 9.32 Å². The van der Waals surface area contributed by atoms with E-state index in [2.05, 4.69) is 30.3 Å². The predicted molar refractivity (Wildman–Crippen MR) is 78.8 cm³/mol. The Morgan fingerprint density at radius 2 is 2.22 bits per heavy atom. The van der Waals surface area contributed by atoms with Gasteiger partial charge in [0.05, 0.1) is 6.42 Å². The maximum atomic E-state index is 10.8. The lowest BCUT2D eigenvalue weighted by Gasteiger charge is -1.93. The second-order valence-corrected chi connectivity index (χ2v) is 4.95. The number of aromatic nitrogens is 6. The molecule has 0 saturated carbocycles. The van der Waals surface area contributed by atoms with Gasteiger partial charge in [-0.05, 0) is 18.6 Å². The Morgan fingerprint density at radius 3 is 3.00 bits per heavy atom. The van der Waals surface area contributed by atoms with Crippen molar-refractivity contribution in [3.8, 4) is 11.4 Å². The third-order valence-corrected chi connectivity index (χ3v) is 3.10. The van der Waals surface area contributed by atoms with E-state index in [1.54, 1.807) is 12.4 Å². The minimum atomic E-state index is -0.443. The fraction of sp³-hybridized carbons (Fsp3) is 0.286. The molecule has 3 rings (SSSR count). The molecular formula is C14H15N7O2. The van der Waals surface area contributed by atoms with Gasteiger partial charge in [-0.25, -0.2) is 4.98 Å². The molecule has 1 amide bonds. The van der Waals surface area contributed by atoms with Crippen LogP contribution in [0.2, 0.25) is 0 Å². The quantitative estimate of drug-likeness (QED) is 0.646. The van der Waals surface area contributed by atoms with Crippen molar-refractivity contribution in [1.29, 1.82) is 0 Å². The van der Waals surface area contributed by atoms with Crippen LogP contribution in [0.15, 0.2) is 29.0 Å². The number of H-pyrrole nitrogens is 1. The van der Waals surface area contributed by atoms with E-state index in [1.807, 2.05) is 12.1 Å². The number of nitrogens with zero attached hydrogens (tertiary/aromatic N) is 5. The summed E-state index contributed by atoms with van der Waals surface area (Å²) in [5, 5.41) is 10.7. The molecule has 0 aliphatic heterocycles. The number of nitrogens with two attached hydrogens (primary N) is 1. The van der Waals surface area contributed by atoms with E-state index in [9.17, 15) is 4.79 Å². The van der Waals surface area contributed by atoms with Gasteiger partial charge in [0, 0.05) is 30.8 Å². The summed E-state index contributed by atoms with van der Waals surface area (Å²) < 4.78 is 5.22. The maximum Gasteiger partial charge on any atom is 0.226 e. The van der Waals surface area contributed by atoms with Gasteiger partial charge >= 0.3 is 0 Å². The van der Waals surface area contributed by atoms with Crippen LogP contribution < -0.4 is 5.73 Å². The summed E-state index contributed by atoms with van der Waals surface area (Å²) in [6.07, 6.45) is 5.44. The van der Waals surface area contributed by atoms with Crippen LogP contribution in [0.5, 0.6) is 0 Å². The topological polar surface area (TPSA) is 136 Å². The Morgan fingerprint density at radius 1 is 1.30 bits per heavy atom. The van der Waals surface area contributed by atoms with Gasteiger partial charge in [0.25, 0.3) is 0 Å². The number of amides is 1. The molecule has 0 unspecified atom stereocenters. The molecule has 0 aromatic carbocycles. The second-order valence-electron chi connectivity index (χ2n) is 4.95. The average Bonchev–Trinajstić information content (AvgIpc) is 3.18. The van der Waals surface area contributed by atoms with Crippen molar-refractivity contribution in [2.75, 3.05) is 0 Å². The van der Waals surface area contributed by atoms with Gasteiger partial charge in [-0.2, -0.15) is 10.1 Å². The van der Waals surface area contributed by atoms with Crippen molar-refractivity contribution in [2.24, 2.45) is 5.73 Å². The molecule has 23 heavy (non-hydrogen) atoms. The molecule has 0 spiro atoms. The van der Waals surface area contributed by atoms with Gasteiger partial charge in [-0.3, -0.25) is 14.9 Å². The highest BCUT2D eigenvalue weighted by Gasteiger charge is 2.10. The van der Waals surface area contributed by atoms with Gasteiger partial charge in [0.2, 0.25) is 17.6 Å². The van der Waals surface area contributed by atoms with Gasteiger partial charge in [-0.15, -0.1) is 0 Å². The molecule has 0 radical (unpaired) electrons. The zero-order valence-corrected chi connectivity index (χ0v) is 12.3. The molecule has 3 aromatic rings. The first-order valence-electron chi connectivity index (χ1n) is 7.12. The van der Waals surface area contributed by atoms with E-state index in [1.165, 1.54) is 0 Å². The number of nitrogens with one attached hydrogen (secondary N) is 1. The van der Waals surface area contributed by atoms with Gasteiger partial charge < -0.3 is 10.3 Å². The molecule has 9 nitrogen and oxygen atoms in total. The largest absolute Gasteiger partial charge is 0.369 e. The van der Waals surface area contributed by atoms with Crippen LogP contribution in [0.25, 0.3) is 11.4 Å². The maximum absolute atomic E-state index is 10.8. The molecule has 0 aliphatic carbocycles. The van der Waals surface area contributed by atoms with Gasteiger partial charge in [0.15, 0.2) is 5.82 Å². The molecule has 0 fully saturated rings. The lowest BCUT2D eigenvalue weighted by molar-refractivity contribution is -0.117. The van der Waals surface area contributed by atoms with E-state index in [0.29, 0.717) is 36.2 Å². The Balaban J connectivity index is 1.52. The lowest BCUT2D eigenvalue weighted by atomic mass is 10.2. The summed E-state index contributed by atoms with van der Waals surface area (Å²) in [5.41, 5.74) is 5.91. The summed E-state index contributed by atoms with van der Waals surface area (Å²) >= 11 is 0. The molecule has 0 atom stereocenters. The van der Waals surface area contributed by atoms with Crippen molar-refractivity contribution in [3.05, 3.63) is 42.1 Å². The minimum absolute atomic E-state index is 0.0606. The number of hydrogen-bond acceptors (Lipinski definition) is 7. The van der Waals surface area contributed by atoms with Crippen molar-refractivity contribution in [3.63, 3.8) is 0 Å². The van der Waals surface area contributed by atoms with Crippen LogP contribution in [0, 0.1) is 0 Å². The van der Waals surface area contributed by atoms with Crippen molar-refractivity contribution >= 4 is 5.91 Å². The zero-order chi connectivity index (χ0) is 16.1. The molecule has 118 valence electrons. The van der Waals surface area contributed by atoms with E-state index < -0.39 is 5.91 Å². The minimum Gasteiger partial charge on any atom is -0.369 e. The van der Waals surface area contributed by atoms with E-state index in [4.69, 9.17) is 10.3 Å². The number of rotatable bonds is 7. The van der Waals surface area contributed by atoms with Crippen molar-refractivity contribution in [1.82, 2.24) is 30.3 Å². The highest BCUT2D eigenvalue weighted by atomic mass is 16.5. The molecule has 3 aromatic heterocycles. The van der Waals surface area contributed by atoms with Crippen LogP contribution in [-0.4, -0.2) is 36.2 Å². The number of aryl methyl sites for hydroxylation is 2. The third kappa shape index (κ3) is 3.96. The molecule has 0 bridgehead atoms. The molecule has 9 heteroatoms. The lowest BCUT2D eigenvalue weighted by Crippen LogP contribution is -2.14. The fourth-order valence-corrected chi connectivity index (χ4v) is 2.06. The summed E-state index contributed by atoms with van der Waals surface area (Å²) in [6, 6.07) is 3.69. The Kier molecular flexibility index (Phi) is 4.37. The van der Waals surface area contributed by atoms with Gasteiger partial charge in [-0.1, -0.05) is 5.16 Å². The Bertz CT molecular complexity index is 781. The highest BCUT2D eigenvalue weighted by molar-refractivity contribution is 5.75. The summed E-state index contributed by atoms with van der Waals surface area (Å²) in [6.45, 7) is 0. The monoisotopic (exact) mass is 313 g/mol. The molecule has 3 heterocycles. The first kappa shape index (κ1) is 14.8. The zero-order valence-electron chi connectivity index (χ0n) is 12.3. The Hall–Kier alpha value is -3.10. The number of aromatic amines is 1. The fourth-order valence-electron chi connectivity index (χ4n) is 2.06. The van der Waals surface area contributed by atoms with Crippen LogP contribution in [-0.2, 0) is 24.1 Å². The SMILES string of the molecule is NC(=O)Cc1nc(CCCc2nc(-c3cccnc3)no2)n[nH]1. The molecular weight excluding hydrogens is 298 g/mol. The van der Waals surface area contributed by atoms with Crippen LogP contribution in [0.4, 0.5) is 0 Å². The number of primary amides is 1. The van der Waals surface area contributed by atoms with E-state index in [0.717, 1.165) is 12.0 Å². The summed E-state index contributed by atoms with van der Waals surface area (Å²) in [7, 11) is 0. The third-order valence-electron chi connectivity index (χ3n) is 3.10. The number of carbonyl (C=O) groups is 1. The molecule has 0 saturated heterocycles. The van der Waals surface area contributed by atoms with E-state index >= 15 is 0 Å². The smallest absolute Gasteiger partial charge is 0.226 e. The van der Waals surface area contributed by atoms with Gasteiger partial charge in [0.1, 0.15) is 5.82 Å². The van der Waals surface area contributed by atoms with Crippen LogP contribution >= 0.6 is 0 Å². The first-order chi connectivity index (χ1) is 11.2. The van der Waals surface area contributed by atoms with E-state index in [-0.39, 0.29) is 6.42 Å². The van der Waals surface area contributed by atoms with Crippen LogP contribution in [0.3, 0.4) is 0 Å². The highest BCUT2D eigenvalue weighted by Crippen LogP contribution is 2.14. The molecule has 3 N–H and O–H groups in total. The van der Waals surface area contributed by atoms with Crippen molar-refractivity contribution in [2.45, 2.75) is 25.7 Å².